The molecule has 3 nitrogen and oxygen atoms in total. The summed E-state index contributed by atoms with van der Waals surface area (Å²) in [6.45, 7) is 9.49. The summed E-state index contributed by atoms with van der Waals surface area (Å²) in [6.07, 6.45) is 0. The molecule has 0 bridgehead atoms. The van der Waals surface area contributed by atoms with Crippen LogP contribution >= 0.6 is 6.57 Å². The Kier molecular flexibility index (Phi) is 6.79. The van der Waals surface area contributed by atoms with Gasteiger partial charge in [-0.1, -0.05) is 96.1 Å². The van der Waals surface area contributed by atoms with Crippen molar-refractivity contribution < 1.29 is 4.89 Å². The predicted molar refractivity (Wildman–Crippen MR) is 161 cm³/mol. The molecule has 4 aromatic rings. The molecule has 4 aromatic carbocycles. The Balaban J connectivity index is 1.88. The van der Waals surface area contributed by atoms with Crippen molar-refractivity contribution in [2.24, 2.45) is 0 Å². The highest BCUT2D eigenvalue weighted by Crippen LogP contribution is 2.71. The summed E-state index contributed by atoms with van der Waals surface area (Å²) in [5.74, 6) is 0. The number of anilines is 2. The fraction of sp³-hybridized carbons (Fsp3) is 0.250. The van der Waals surface area contributed by atoms with Crippen LogP contribution in [0.2, 0.25) is 0 Å². The molecule has 0 aromatic heterocycles. The van der Waals surface area contributed by atoms with Crippen LogP contribution in [0.15, 0.2) is 84.9 Å². The highest BCUT2D eigenvalue weighted by Gasteiger charge is 2.54. The molecule has 1 saturated heterocycles. The van der Waals surface area contributed by atoms with E-state index in [1.807, 2.05) is 12.1 Å². The molecule has 1 aliphatic heterocycles. The highest BCUT2D eigenvalue weighted by molar-refractivity contribution is 8.13. The summed E-state index contributed by atoms with van der Waals surface area (Å²) in [5, 5.41) is 0. The van der Waals surface area contributed by atoms with Crippen molar-refractivity contribution in [3.05, 3.63) is 129 Å². The van der Waals surface area contributed by atoms with Crippen molar-refractivity contribution in [1.29, 1.82) is 0 Å². The molecule has 37 heavy (non-hydrogen) atoms. The molecule has 0 amide bonds. The zero-order valence-corrected chi connectivity index (χ0v) is 24.1. The van der Waals surface area contributed by atoms with Crippen LogP contribution in [0.4, 0.5) is 11.4 Å². The fourth-order valence-electron chi connectivity index (χ4n) is 6.25. The van der Waals surface area contributed by atoms with E-state index in [1.54, 1.807) is 0 Å². The predicted octanol–water partition coefficient (Wildman–Crippen LogP) is 8.56. The molecule has 0 saturated carbocycles. The molecule has 2 unspecified atom stereocenters. The maximum absolute atomic E-state index is 12.7. The Morgan fingerprint density at radius 2 is 0.865 bits per heavy atom. The Bertz CT molecular complexity index is 1350. The molecule has 5 rings (SSSR count). The average molecular weight is 527 g/mol. The van der Waals surface area contributed by atoms with Crippen LogP contribution in [0.1, 0.15) is 56.6 Å². The molecule has 0 aliphatic carbocycles. The molecular formula is C32H35N2OPS. The van der Waals surface area contributed by atoms with Crippen molar-refractivity contribution in [1.82, 2.24) is 0 Å². The quantitative estimate of drug-likeness (QED) is 0.270. The number of nitrogens with zero attached hydrogens (tertiary/aromatic N) is 2. The largest absolute Gasteiger partial charge is 0.334 e. The molecule has 190 valence electrons. The first kappa shape index (κ1) is 25.7. The van der Waals surface area contributed by atoms with Gasteiger partial charge in [-0.25, -0.2) is 0 Å². The fourth-order valence-corrected chi connectivity index (χ4v) is 9.88. The molecule has 1 heterocycles. The van der Waals surface area contributed by atoms with Gasteiger partial charge >= 0.3 is 0 Å². The van der Waals surface area contributed by atoms with E-state index in [-0.39, 0.29) is 12.1 Å². The Labute approximate surface area is 226 Å². The molecular weight excluding hydrogens is 491 g/mol. The first-order chi connectivity index (χ1) is 17.6. The maximum atomic E-state index is 12.7. The van der Waals surface area contributed by atoms with Gasteiger partial charge in [0.1, 0.15) is 0 Å². The highest BCUT2D eigenvalue weighted by atomic mass is 32.5. The van der Waals surface area contributed by atoms with Gasteiger partial charge in [0.15, 0.2) is 0 Å². The second kappa shape index (κ2) is 9.76. The summed E-state index contributed by atoms with van der Waals surface area (Å²) in [4.78, 5) is 12.7. The zero-order valence-electron chi connectivity index (χ0n) is 22.4. The number of hydrogen-bond donors (Lipinski definition) is 1. The van der Waals surface area contributed by atoms with Crippen LogP contribution in [-0.2, 0) is 11.8 Å². The lowest BCUT2D eigenvalue weighted by Gasteiger charge is -2.36. The van der Waals surface area contributed by atoms with E-state index in [0.29, 0.717) is 0 Å². The molecule has 1 fully saturated rings. The molecule has 5 heteroatoms. The molecule has 0 radical (unpaired) electrons. The number of benzene rings is 4. The second-order valence-corrected chi connectivity index (χ2v) is 13.8. The van der Waals surface area contributed by atoms with E-state index >= 15 is 0 Å². The lowest BCUT2D eigenvalue weighted by atomic mass is 9.91. The van der Waals surface area contributed by atoms with Crippen LogP contribution in [0.3, 0.4) is 0 Å². The van der Waals surface area contributed by atoms with Crippen molar-refractivity contribution >= 4 is 29.7 Å². The number of hydrogen-bond acceptors (Lipinski definition) is 1. The van der Waals surface area contributed by atoms with Gasteiger partial charge in [0.2, 0.25) is 0 Å². The minimum absolute atomic E-state index is 0.167. The Hall–Kier alpha value is -2.91. The van der Waals surface area contributed by atoms with Crippen LogP contribution in [-0.4, -0.2) is 4.89 Å². The van der Waals surface area contributed by atoms with E-state index in [4.69, 9.17) is 11.8 Å². The van der Waals surface area contributed by atoms with Crippen LogP contribution < -0.4 is 9.34 Å². The van der Waals surface area contributed by atoms with Gasteiger partial charge < -0.3 is 4.89 Å². The molecule has 1 aliphatic rings. The van der Waals surface area contributed by atoms with Gasteiger partial charge in [-0.3, -0.25) is 9.34 Å². The Morgan fingerprint density at radius 1 is 0.568 bits per heavy atom. The molecule has 1 N–H and O–H groups in total. The minimum Gasteiger partial charge on any atom is -0.334 e. The summed E-state index contributed by atoms with van der Waals surface area (Å²) in [5.41, 5.74) is 11.3. The van der Waals surface area contributed by atoms with Gasteiger partial charge in [-0.2, -0.15) is 0 Å². The normalized spacial score (nSPS) is 21.5. The first-order valence-corrected chi connectivity index (χ1v) is 15.4. The van der Waals surface area contributed by atoms with E-state index < -0.39 is 6.57 Å². The minimum atomic E-state index is -3.29. The third-order valence-corrected chi connectivity index (χ3v) is 10.5. The first-order valence-electron chi connectivity index (χ1n) is 12.8. The monoisotopic (exact) mass is 526 g/mol. The summed E-state index contributed by atoms with van der Waals surface area (Å²) in [6, 6.07) is 29.5. The third-order valence-electron chi connectivity index (χ3n) is 7.40. The summed E-state index contributed by atoms with van der Waals surface area (Å²) >= 11 is 6.39. The molecule has 2 atom stereocenters. The number of rotatable bonds is 4. The smallest absolute Gasteiger partial charge is 0.252 e. The SMILES string of the molecule is Cc1cc(C)c(N2C(c3ccccc3)C(c3ccccc3)N(c3c(C)cc(C)cc3C)P2(O)=S)c(C)c1. The summed E-state index contributed by atoms with van der Waals surface area (Å²) < 4.78 is 4.39. The van der Waals surface area contributed by atoms with Gasteiger partial charge in [-0.05, 0) is 86.7 Å². The van der Waals surface area contributed by atoms with Gasteiger partial charge in [0.25, 0.3) is 6.57 Å². The average Bonchev–Trinajstić information content (AvgIpc) is 3.06. The lowest BCUT2D eigenvalue weighted by Crippen LogP contribution is -2.25. The van der Waals surface area contributed by atoms with E-state index in [2.05, 4.69) is 124 Å². The third kappa shape index (κ3) is 4.42. The second-order valence-electron chi connectivity index (χ2n) is 10.4. The van der Waals surface area contributed by atoms with E-state index in [0.717, 1.165) is 44.8 Å². The standard InChI is InChI=1S/C32H35N2OPS/c1-21-17-23(3)29(24(4)18-21)33-31(27-13-9-7-10-14-27)32(28-15-11-8-12-16-28)34(36(33,35)37)30-25(5)19-22(2)20-26(30)6/h7-20,31-32H,1-6H3,(H,35,37). The van der Waals surface area contributed by atoms with Crippen LogP contribution in [0.25, 0.3) is 0 Å². The van der Waals surface area contributed by atoms with Crippen molar-refractivity contribution in [2.75, 3.05) is 9.34 Å². The van der Waals surface area contributed by atoms with Gasteiger partial charge in [-0.15, -0.1) is 0 Å². The Morgan fingerprint density at radius 3 is 1.16 bits per heavy atom. The van der Waals surface area contributed by atoms with Crippen LogP contribution in [0.5, 0.6) is 0 Å². The van der Waals surface area contributed by atoms with Gasteiger partial charge in [0, 0.05) is 0 Å². The summed E-state index contributed by atoms with van der Waals surface area (Å²) in [7, 11) is 0. The lowest BCUT2D eigenvalue weighted by molar-refractivity contribution is 0.616. The van der Waals surface area contributed by atoms with Gasteiger partial charge in [0.05, 0.1) is 23.5 Å². The topological polar surface area (TPSA) is 26.7 Å². The zero-order chi connectivity index (χ0) is 26.5. The van der Waals surface area contributed by atoms with Crippen molar-refractivity contribution in [3.8, 4) is 0 Å². The number of aryl methyl sites for hydroxylation is 6. The van der Waals surface area contributed by atoms with E-state index in [9.17, 15) is 4.89 Å². The van der Waals surface area contributed by atoms with E-state index in [1.165, 1.54) is 11.1 Å². The van der Waals surface area contributed by atoms with Crippen molar-refractivity contribution in [3.63, 3.8) is 0 Å². The molecule has 0 spiro atoms. The van der Waals surface area contributed by atoms with Crippen molar-refractivity contribution in [2.45, 2.75) is 53.6 Å². The van der Waals surface area contributed by atoms with Crippen LogP contribution in [0, 0.1) is 41.5 Å². The maximum Gasteiger partial charge on any atom is 0.252 e.